The van der Waals surface area contributed by atoms with Crippen LogP contribution in [-0.4, -0.2) is 47.6 Å². The average Bonchev–Trinajstić information content (AvgIpc) is 2.92. The second-order valence-corrected chi connectivity index (χ2v) is 6.79. The molecule has 0 N–H and O–H groups in total. The van der Waals surface area contributed by atoms with Gasteiger partial charge in [0.15, 0.2) is 9.84 Å². The van der Waals surface area contributed by atoms with Gasteiger partial charge in [0, 0.05) is 12.5 Å². The Labute approximate surface area is 107 Å². The van der Waals surface area contributed by atoms with E-state index in [1.807, 2.05) is 13.8 Å². The van der Waals surface area contributed by atoms with Gasteiger partial charge in [0.25, 0.3) is 0 Å². The van der Waals surface area contributed by atoms with Gasteiger partial charge in [-0.2, -0.15) is 0 Å². The zero-order valence-corrected chi connectivity index (χ0v) is 11.6. The zero-order chi connectivity index (χ0) is 13.2. The second kappa shape index (κ2) is 5.36. The summed E-state index contributed by atoms with van der Waals surface area (Å²) in [6.45, 7) is 5.29. The van der Waals surface area contributed by atoms with Crippen LogP contribution in [-0.2, 0) is 22.8 Å². The number of hydrogen-bond acceptors (Lipinski definition) is 6. The molecule has 18 heavy (non-hydrogen) atoms. The summed E-state index contributed by atoms with van der Waals surface area (Å²) in [5.74, 6) is 1.73. The maximum atomic E-state index is 11.5. The summed E-state index contributed by atoms with van der Waals surface area (Å²) >= 11 is 0. The van der Waals surface area contributed by atoms with Crippen LogP contribution in [0, 0.1) is 0 Å². The molecule has 1 aromatic heterocycles. The Morgan fingerprint density at radius 3 is 2.56 bits per heavy atom. The van der Waals surface area contributed by atoms with Crippen molar-refractivity contribution in [3.05, 3.63) is 11.8 Å². The van der Waals surface area contributed by atoms with Crippen LogP contribution < -0.4 is 0 Å². The van der Waals surface area contributed by atoms with Crippen molar-refractivity contribution in [3.8, 4) is 0 Å². The molecule has 7 heteroatoms. The fourth-order valence-corrected chi connectivity index (χ4v) is 3.99. The highest BCUT2D eigenvalue weighted by molar-refractivity contribution is 7.91. The summed E-state index contributed by atoms with van der Waals surface area (Å²) in [6.07, 6.45) is 1.42. The van der Waals surface area contributed by atoms with Crippen LogP contribution in [0.2, 0.25) is 0 Å². The minimum absolute atomic E-state index is 0.0805. The third-order valence-corrected chi connectivity index (χ3v) is 5.03. The van der Waals surface area contributed by atoms with Crippen LogP contribution >= 0.6 is 0 Å². The van der Waals surface area contributed by atoms with Gasteiger partial charge in [-0.15, -0.1) is 10.2 Å². The minimum atomic E-state index is -2.85. The van der Waals surface area contributed by atoms with Gasteiger partial charge in [0.1, 0.15) is 0 Å². The van der Waals surface area contributed by atoms with Gasteiger partial charge in [-0.05, 0) is 13.0 Å². The van der Waals surface area contributed by atoms with E-state index < -0.39 is 9.84 Å². The number of aromatic nitrogens is 2. The van der Waals surface area contributed by atoms with Crippen molar-refractivity contribution in [1.82, 2.24) is 15.1 Å². The van der Waals surface area contributed by atoms with Crippen molar-refractivity contribution in [2.75, 3.05) is 18.1 Å². The van der Waals surface area contributed by atoms with Gasteiger partial charge in [0.05, 0.1) is 18.1 Å². The highest BCUT2D eigenvalue weighted by Crippen LogP contribution is 2.19. The largest absolute Gasteiger partial charge is 0.424 e. The van der Waals surface area contributed by atoms with E-state index in [2.05, 4.69) is 15.1 Å². The topological polar surface area (TPSA) is 76.3 Å². The van der Waals surface area contributed by atoms with Gasteiger partial charge in [-0.3, -0.25) is 4.90 Å². The lowest BCUT2D eigenvalue weighted by atomic mass is 10.2. The van der Waals surface area contributed by atoms with Crippen LogP contribution in [0.25, 0.3) is 0 Å². The predicted octanol–water partition coefficient (Wildman–Crippen LogP) is 0.641. The van der Waals surface area contributed by atoms with Crippen molar-refractivity contribution in [2.45, 2.75) is 39.3 Å². The summed E-state index contributed by atoms with van der Waals surface area (Å²) in [5.41, 5.74) is 0. The maximum absolute atomic E-state index is 11.5. The predicted molar refractivity (Wildman–Crippen MR) is 66.8 cm³/mol. The molecule has 0 amide bonds. The molecular formula is C11H19N3O3S. The molecular weight excluding hydrogens is 254 g/mol. The summed E-state index contributed by atoms with van der Waals surface area (Å²) in [7, 11) is -2.85. The number of sulfone groups is 1. The molecule has 2 heterocycles. The summed E-state index contributed by atoms with van der Waals surface area (Å²) in [6, 6.07) is 0.0805. The average molecular weight is 273 g/mol. The molecule has 2 rings (SSSR count). The van der Waals surface area contributed by atoms with Gasteiger partial charge in [0.2, 0.25) is 11.8 Å². The highest BCUT2D eigenvalue weighted by atomic mass is 32.2. The smallest absolute Gasteiger partial charge is 0.230 e. The lowest BCUT2D eigenvalue weighted by Gasteiger charge is -2.24. The number of rotatable bonds is 5. The Hall–Kier alpha value is -0.950. The molecule has 0 spiro atoms. The summed E-state index contributed by atoms with van der Waals surface area (Å²) in [5, 5.41) is 7.89. The molecule has 6 nitrogen and oxygen atoms in total. The van der Waals surface area contributed by atoms with E-state index in [1.165, 1.54) is 0 Å². The molecule has 1 aliphatic rings. The molecule has 0 bridgehead atoms. The summed E-state index contributed by atoms with van der Waals surface area (Å²) < 4.78 is 28.4. The fraction of sp³-hybridized carbons (Fsp3) is 0.818. The standard InChI is InChI=1S/C11H19N3O3S/c1-3-10-12-13-11(17-10)7-14(4-2)9-5-6-18(15,16)8-9/h9H,3-8H2,1-2H3. The third-order valence-electron chi connectivity index (χ3n) is 3.28. The number of hydrogen-bond donors (Lipinski definition) is 0. The molecule has 102 valence electrons. The van der Waals surface area contributed by atoms with Crippen LogP contribution in [0.4, 0.5) is 0 Å². The molecule has 1 fully saturated rings. The van der Waals surface area contributed by atoms with Gasteiger partial charge < -0.3 is 4.42 Å². The normalized spacial score (nSPS) is 22.7. The maximum Gasteiger partial charge on any atom is 0.230 e. The van der Waals surface area contributed by atoms with E-state index in [9.17, 15) is 8.42 Å². The first-order valence-corrected chi connectivity index (χ1v) is 8.12. The van der Waals surface area contributed by atoms with Crippen molar-refractivity contribution in [1.29, 1.82) is 0 Å². The van der Waals surface area contributed by atoms with Crippen LogP contribution in [0.1, 0.15) is 32.0 Å². The SMILES string of the molecule is CCc1nnc(CN(CC)C2CCS(=O)(=O)C2)o1. The van der Waals surface area contributed by atoms with Gasteiger partial charge >= 0.3 is 0 Å². The molecule has 0 radical (unpaired) electrons. The first-order chi connectivity index (χ1) is 8.54. The lowest BCUT2D eigenvalue weighted by Crippen LogP contribution is -2.35. The molecule has 1 saturated heterocycles. The molecule has 0 aliphatic carbocycles. The van der Waals surface area contributed by atoms with E-state index in [4.69, 9.17) is 4.42 Å². The van der Waals surface area contributed by atoms with E-state index in [0.29, 0.717) is 24.7 Å². The first kappa shape index (κ1) is 13.5. The summed E-state index contributed by atoms with van der Waals surface area (Å²) in [4.78, 5) is 2.09. The van der Waals surface area contributed by atoms with Crippen molar-refractivity contribution in [2.24, 2.45) is 0 Å². The Kier molecular flexibility index (Phi) is 4.01. The van der Waals surface area contributed by atoms with E-state index >= 15 is 0 Å². The van der Waals surface area contributed by atoms with Gasteiger partial charge in [-0.25, -0.2) is 8.42 Å². The Bertz CT molecular complexity index is 497. The molecule has 0 saturated carbocycles. The van der Waals surface area contributed by atoms with Crippen LogP contribution in [0.5, 0.6) is 0 Å². The number of nitrogens with zero attached hydrogens (tertiary/aromatic N) is 3. The zero-order valence-electron chi connectivity index (χ0n) is 10.8. The van der Waals surface area contributed by atoms with Crippen molar-refractivity contribution < 1.29 is 12.8 Å². The highest BCUT2D eigenvalue weighted by Gasteiger charge is 2.32. The Morgan fingerprint density at radius 2 is 2.06 bits per heavy atom. The third kappa shape index (κ3) is 3.08. The Balaban J connectivity index is 2.01. The van der Waals surface area contributed by atoms with E-state index in [0.717, 1.165) is 13.0 Å². The van der Waals surface area contributed by atoms with Gasteiger partial charge in [-0.1, -0.05) is 13.8 Å². The molecule has 1 aliphatic heterocycles. The van der Waals surface area contributed by atoms with Crippen molar-refractivity contribution >= 4 is 9.84 Å². The van der Waals surface area contributed by atoms with Crippen LogP contribution in [0.15, 0.2) is 4.42 Å². The van der Waals surface area contributed by atoms with E-state index in [-0.39, 0.29) is 17.5 Å². The number of aryl methyl sites for hydroxylation is 1. The fourth-order valence-electron chi connectivity index (χ4n) is 2.23. The quantitative estimate of drug-likeness (QED) is 0.783. The molecule has 1 atom stereocenters. The lowest BCUT2D eigenvalue weighted by molar-refractivity contribution is 0.193. The molecule has 0 aromatic carbocycles. The second-order valence-electron chi connectivity index (χ2n) is 4.56. The monoisotopic (exact) mass is 273 g/mol. The van der Waals surface area contributed by atoms with Crippen molar-refractivity contribution in [3.63, 3.8) is 0 Å². The molecule has 1 aromatic rings. The van der Waals surface area contributed by atoms with E-state index in [1.54, 1.807) is 0 Å². The Morgan fingerprint density at radius 1 is 1.33 bits per heavy atom. The molecule has 1 unspecified atom stereocenters. The minimum Gasteiger partial charge on any atom is -0.424 e. The van der Waals surface area contributed by atoms with Crippen LogP contribution in [0.3, 0.4) is 0 Å². The first-order valence-electron chi connectivity index (χ1n) is 6.29.